The zero-order valence-corrected chi connectivity index (χ0v) is 6.43. The molecule has 0 radical (unpaired) electrons. The lowest BCUT2D eigenvalue weighted by Crippen LogP contribution is -2.06. The molecule has 0 N–H and O–H groups in total. The van der Waals surface area contributed by atoms with Crippen LogP contribution >= 0.6 is 0 Å². The largest absolute Gasteiger partial charge is 0.0622 e. The summed E-state index contributed by atoms with van der Waals surface area (Å²) in [5.41, 5.74) is 0. The molecule has 0 spiro atoms. The summed E-state index contributed by atoms with van der Waals surface area (Å²) in [6.45, 7) is 4.88. The molecule has 4 unspecified atom stereocenters. The van der Waals surface area contributed by atoms with E-state index in [4.69, 9.17) is 0 Å². The molecule has 4 atom stereocenters. The number of fused-ring (bicyclic) bond motifs is 2. The van der Waals surface area contributed by atoms with Crippen molar-refractivity contribution in [1.82, 2.24) is 0 Å². The molecule has 0 aliphatic heterocycles. The minimum Gasteiger partial charge on any atom is -0.0622 e. The second kappa shape index (κ2) is 1.74. The lowest BCUT2D eigenvalue weighted by atomic mass is 9.90. The van der Waals surface area contributed by atoms with Crippen LogP contribution in [-0.4, -0.2) is 0 Å². The summed E-state index contributed by atoms with van der Waals surface area (Å²) < 4.78 is 0. The van der Waals surface area contributed by atoms with Crippen LogP contribution in [0.5, 0.6) is 0 Å². The highest BCUT2D eigenvalue weighted by Gasteiger charge is 2.42. The van der Waals surface area contributed by atoms with Gasteiger partial charge in [-0.25, -0.2) is 0 Å². The van der Waals surface area contributed by atoms with Gasteiger partial charge in [0.25, 0.3) is 0 Å². The molecule has 2 fully saturated rings. The Morgan fingerprint density at radius 2 is 1.89 bits per heavy atom. The average Bonchev–Trinajstić information content (AvgIpc) is 2.25. The Labute approximate surface area is 57.6 Å². The first kappa shape index (κ1) is 5.76. The summed E-state index contributed by atoms with van der Waals surface area (Å²) >= 11 is 0. The van der Waals surface area contributed by atoms with Crippen molar-refractivity contribution in [1.29, 1.82) is 0 Å². The van der Waals surface area contributed by atoms with Crippen molar-refractivity contribution < 1.29 is 0 Å². The van der Waals surface area contributed by atoms with Gasteiger partial charge in [0.15, 0.2) is 0 Å². The van der Waals surface area contributed by atoms with Gasteiger partial charge in [0.05, 0.1) is 0 Å². The van der Waals surface area contributed by atoms with Crippen molar-refractivity contribution in [2.45, 2.75) is 33.1 Å². The standard InChI is InChI=1S/C9H16/c1-6-5-8-3-4-9(6)7(8)2/h6-9H,3-5H2,1-2H3. The summed E-state index contributed by atoms with van der Waals surface area (Å²) in [4.78, 5) is 0. The second-order valence-corrected chi connectivity index (χ2v) is 4.07. The maximum atomic E-state index is 2.45. The lowest BCUT2D eigenvalue weighted by molar-refractivity contribution is 0.348. The smallest absolute Gasteiger partial charge is 0.0360 e. The maximum Gasteiger partial charge on any atom is -0.0360 e. The van der Waals surface area contributed by atoms with Gasteiger partial charge in [-0.15, -0.1) is 0 Å². The topological polar surface area (TPSA) is 0 Å². The molecule has 0 aromatic heterocycles. The van der Waals surface area contributed by atoms with Gasteiger partial charge in [0.1, 0.15) is 0 Å². The molecule has 2 bridgehead atoms. The third kappa shape index (κ3) is 0.653. The van der Waals surface area contributed by atoms with Gasteiger partial charge in [-0.1, -0.05) is 13.8 Å². The molecule has 2 saturated carbocycles. The third-order valence-corrected chi connectivity index (χ3v) is 3.70. The van der Waals surface area contributed by atoms with Crippen LogP contribution in [0.25, 0.3) is 0 Å². The van der Waals surface area contributed by atoms with E-state index in [1.165, 1.54) is 19.3 Å². The summed E-state index contributed by atoms with van der Waals surface area (Å²) in [5, 5.41) is 0. The SMILES string of the molecule is CC1CC2CCC1C2C. The van der Waals surface area contributed by atoms with E-state index in [2.05, 4.69) is 13.8 Å². The molecule has 0 nitrogen and oxygen atoms in total. The first-order valence-electron chi connectivity index (χ1n) is 4.29. The Morgan fingerprint density at radius 3 is 2.11 bits per heavy atom. The Kier molecular flexibility index (Phi) is 1.12. The van der Waals surface area contributed by atoms with E-state index in [1.807, 2.05) is 0 Å². The number of hydrogen-bond donors (Lipinski definition) is 0. The van der Waals surface area contributed by atoms with E-state index in [1.54, 1.807) is 0 Å². The monoisotopic (exact) mass is 124 g/mol. The second-order valence-electron chi connectivity index (χ2n) is 4.07. The molecule has 0 heteroatoms. The quantitative estimate of drug-likeness (QED) is 0.465. The summed E-state index contributed by atoms with van der Waals surface area (Å²) in [6, 6.07) is 0. The normalized spacial score (nSPS) is 56.7. The molecule has 2 aliphatic rings. The van der Waals surface area contributed by atoms with Crippen LogP contribution in [-0.2, 0) is 0 Å². The van der Waals surface area contributed by atoms with E-state index in [-0.39, 0.29) is 0 Å². The van der Waals surface area contributed by atoms with Crippen LogP contribution in [0.4, 0.5) is 0 Å². The minimum absolute atomic E-state index is 1.05. The summed E-state index contributed by atoms with van der Waals surface area (Å²) in [5.74, 6) is 4.35. The van der Waals surface area contributed by atoms with Crippen molar-refractivity contribution in [3.8, 4) is 0 Å². The average molecular weight is 124 g/mol. The molecule has 0 heterocycles. The Morgan fingerprint density at radius 1 is 1.11 bits per heavy atom. The van der Waals surface area contributed by atoms with Crippen LogP contribution in [0.2, 0.25) is 0 Å². The van der Waals surface area contributed by atoms with Gasteiger partial charge in [0, 0.05) is 0 Å². The highest BCUT2D eigenvalue weighted by molar-refractivity contribution is 4.92. The highest BCUT2D eigenvalue weighted by Crippen LogP contribution is 2.51. The predicted octanol–water partition coefficient (Wildman–Crippen LogP) is 2.69. The van der Waals surface area contributed by atoms with Gasteiger partial charge >= 0.3 is 0 Å². The van der Waals surface area contributed by atoms with Crippen molar-refractivity contribution in [3.05, 3.63) is 0 Å². The van der Waals surface area contributed by atoms with E-state index < -0.39 is 0 Å². The zero-order chi connectivity index (χ0) is 6.43. The maximum absolute atomic E-state index is 2.45. The fourth-order valence-corrected chi connectivity index (χ4v) is 3.07. The molecule has 0 aromatic carbocycles. The fourth-order valence-electron chi connectivity index (χ4n) is 3.07. The molecule has 9 heavy (non-hydrogen) atoms. The molecular weight excluding hydrogens is 108 g/mol. The Balaban J connectivity index is 2.16. The van der Waals surface area contributed by atoms with E-state index >= 15 is 0 Å². The summed E-state index contributed by atoms with van der Waals surface area (Å²) in [6.07, 6.45) is 4.61. The first-order chi connectivity index (χ1) is 4.29. The van der Waals surface area contributed by atoms with E-state index in [9.17, 15) is 0 Å². The molecule has 2 rings (SSSR count). The van der Waals surface area contributed by atoms with Crippen LogP contribution < -0.4 is 0 Å². The van der Waals surface area contributed by atoms with Crippen LogP contribution in [0.1, 0.15) is 33.1 Å². The highest BCUT2D eigenvalue weighted by atomic mass is 14.5. The molecule has 2 aliphatic carbocycles. The van der Waals surface area contributed by atoms with Gasteiger partial charge in [0.2, 0.25) is 0 Å². The fraction of sp³-hybridized carbons (Fsp3) is 1.00. The van der Waals surface area contributed by atoms with Gasteiger partial charge < -0.3 is 0 Å². The van der Waals surface area contributed by atoms with Crippen molar-refractivity contribution >= 4 is 0 Å². The summed E-state index contributed by atoms with van der Waals surface area (Å²) in [7, 11) is 0. The lowest BCUT2D eigenvalue weighted by Gasteiger charge is -2.15. The molecular formula is C9H16. The van der Waals surface area contributed by atoms with E-state index in [0.717, 1.165) is 23.7 Å². The molecule has 0 aromatic rings. The van der Waals surface area contributed by atoms with Gasteiger partial charge in [-0.2, -0.15) is 0 Å². The van der Waals surface area contributed by atoms with Crippen molar-refractivity contribution in [2.24, 2.45) is 23.7 Å². The molecule has 0 amide bonds. The Hall–Kier alpha value is 0. The number of rotatable bonds is 0. The number of hydrogen-bond acceptors (Lipinski definition) is 0. The predicted molar refractivity (Wildman–Crippen MR) is 39.2 cm³/mol. The van der Waals surface area contributed by atoms with Crippen LogP contribution in [0, 0.1) is 23.7 Å². The van der Waals surface area contributed by atoms with Crippen LogP contribution in [0.3, 0.4) is 0 Å². The van der Waals surface area contributed by atoms with Crippen molar-refractivity contribution in [3.63, 3.8) is 0 Å². The minimum atomic E-state index is 1.05. The van der Waals surface area contributed by atoms with Gasteiger partial charge in [-0.05, 0) is 42.9 Å². The van der Waals surface area contributed by atoms with Gasteiger partial charge in [-0.3, -0.25) is 0 Å². The first-order valence-corrected chi connectivity index (χ1v) is 4.29. The van der Waals surface area contributed by atoms with E-state index in [0.29, 0.717) is 0 Å². The van der Waals surface area contributed by atoms with Crippen LogP contribution in [0.15, 0.2) is 0 Å². The molecule has 52 valence electrons. The van der Waals surface area contributed by atoms with Crippen molar-refractivity contribution in [2.75, 3.05) is 0 Å². The zero-order valence-electron chi connectivity index (χ0n) is 6.43. The molecule has 0 saturated heterocycles. The Bertz CT molecular complexity index is 117. The third-order valence-electron chi connectivity index (χ3n) is 3.70.